The van der Waals surface area contributed by atoms with Crippen molar-refractivity contribution in [1.29, 1.82) is 0 Å². The average molecular weight is 376 g/mol. The van der Waals surface area contributed by atoms with E-state index < -0.39 is 0 Å². The Morgan fingerprint density at radius 2 is 2.19 bits per heavy atom. The highest BCUT2D eigenvalue weighted by Crippen LogP contribution is 2.24. The van der Waals surface area contributed by atoms with Crippen molar-refractivity contribution in [3.05, 3.63) is 28.2 Å². The van der Waals surface area contributed by atoms with E-state index in [1.807, 2.05) is 16.5 Å². The Morgan fingerprint density at radius 3 is 2.96 bits per heavy atom. The van der Waals surface area contributed by atoms with Crippen LogP contribution in [0.15, 0.2) is 11.8 Å². The van der Waals surface area contributed by atoms with Crippen LogP contribution in [0.25, 0.3) is 0 Å². The molecule has 0 aliphatic carbocycles. The van der Waals surface area contributed by atoms with E-state index in [0.717, 1.165) is 49.1 Å². The number of fused-ring (bicyclic) bond motifs is 3. The van der Waals surface area contributed by atoms with Crippen LogP contribution in [0, 0.1) is 12.8 Å². The Labute approximate surface area is 156 Å². The van der Waals surface area contributed by atoms with Crippen molar-refractivity contribution < 1.29 is 9.53 Å². The van der Waals surface area contributed by atoms with E-state index in [4.69, 9.17) is 4.74 Å². The number of thiazole rings is 1. The fourth-order valence-electron chi connectivity index (χ4n) is 3.83. The molecule has 0 N–H and O–H groups in total. The number of ether oxygens (including phenoxy) is 1. The monoisotopic (exact) mass is 376 g/mol. The Morgan fingerprint density at radius 1 is 1.31 bits per heavy atom. The lowest BCUT2D eigenvalue weighted by atomic mass is 10.1. The van der Waals surface area contributed by atoms with Crippen LogP contribution in [0.5, 0.6) is 0 Å². The first-order chi connectivity index (χ1) is 12.7. The van der Waals surface area contributed by atoms with Gasteiger partial charge in [0.25, 0.3) is 5.91 Å². The molecule has 2 bridgehead atoms. The quantitative estimate of drug-likeness (QED) is 0.793. The molecule has 9 heteroatoms. The first kappa shape index (κ1) is 17.6. The van der Waals surface area contributed by atoms with Crippen molar-refractivity contribution in [2.75, 3.05) is 32.8 Å². The van der Waals surface area contributed by atoms with Gasteiger partial charge in [0.15, 0.2) is 0 Å². The zero-order valence-corrected chi connectivity index (χ0v) is 16.0. The summed E-state index contributed by atoms with van der Waals surface area (Å²) < 4.78 is 7.78. The third-order valence-corrected chi connectivity index (χ3v) is 6.02. The Kier molecular flexibility index (Phi) is 5.01. The lowest BCUT2D eigenvalue weighted by molar-refractivity contribution is 0.0418. The normalized spacial score (nSPS) is 23.8. The van der Waals surface area contributed by atoms with E-state index in [1.54, 1.807) is 11.8 Å². The molecule has 26 heavy (non-hydrogen) atoms. The van der Waals surface area contributed by atoms with E-state index >= 15 is 0 Å². The van der Waals surface area contributed by atoms with Gasteiger partial charge < -0.3 is 9.64 Å². The highest BCUT2D eigenvalue weighted by molar-refractivity contribution is 7.11. The van der Waals surface area contributed by atoms with Gasteiger partial charge in [-0.15, -0.1) is 11.3 Å². The first-order valence-corrected chi connectivity index (χ1v) is 9.91. The van der Waals surface area contributed by atoms with Gasteiger partial charge in [0, 0.05) is 32.1 Å². The van der Waals surface area contributed by atoms with Crippen molar-refractivity contribution in [1.82, 2.24) is 29.5 Å². The van der Waals surface area contributed by atoms with Gasteiger partial charge >= 0.3 is 0 Å². The average Bonchev–Trinajstić information content (AvgIpc) is 3.14. The van der Waals surface area contributed by atoms with E-state index in [0.29, 0.717) is 19.1 Å². The summed E-state index contributed by atoms with van der Waals surface area (Å²) in [5, 5.41) is 4.27. The lowest BCUT2D eigenvalue weighted by Gasteiger charge is -2.30. The molecule has 0 unspecified atom stereocenters. The van der Waals surface area contributed by atoms with Crippen molar-refractivity contribution in [2.24, 2.45) is 5.92 Å². The van der Waals surface area contributed by atoms with Gasteiger partial charge in [-0.3, -0.25) is 9.69 Å². The van der Waals surface area contributed by atoms with Crippen molar-refractivity contribution in [3.63, 3.8) is 0 Å². The maximum atomic E-state index is 13.1. The standard InChI is InChI=1S/C17H24N6O2S/c1-3-23-15(18-10-20-23)7-21-4-13-5-22(14(6-21)9-25-8-13)17(24)16-12(2)19-11-26-16/h10-11,13-14H,3-9H2,1-2H3/t13-,14-/m0/s1. The van der Waals surface area contributed by atoms with E-state index in [2.05, 4.69) is 26.9 Å². The Hall–Kier alpha value is -1.84. The minimum absolute atomic E-state index is 0.0505. The molecule has 0 radical (unpaired) electrons. The number of hydrogen-bond donors (Lipinski definition) is 0. The number of rotatable bonds is 4. The summed E-state index contributed by atoms with van der Waals surface area (Å²) in [4.78, 5) is 26.9. The molecule has 140 valence electrons. The second kappa shape index (κ2) is 7.42. The molecule has 2 aliphatic heterocycles. The number of carbonyl (C=O) groups excluding carboxylic acids is 1. The van der Waals surface area contributed by atoms with Crippen molar-refractivity contribution in [3.8, 4) is 0 Å². The zero-order valence-electron chi connectivity index (χ0n) is 15.2. The van der Waals surface area contributed by atoms with Crippen LogP contribution in [0.4, 0.5) is 0 Å². The van der Waals surface area contributed by atoms with Crippen LogP contribution in [0.1, 0.15) is 28.1 Å². The Balaban J connectivity index is 1.54. The van der Waals surface area contributed by atoms with Crippen LogP contribution in [0.2, 0.25) is 0 Å². The number of amides is 1. The van der Waals surface area contributed by atoms with Crippen LogP contribution in [-0.4, -0.2) is 74.3 Å². The highest BCUT2D eigenvalue weighted by atomic mass is 32.1. The van der Waals surface area contributed by atoms with Crippen LogP contribution >= 0.6 is 11.3 Å². The molecule has 2 aromatic heterocycles. The minimum atomic E-state index is 0.0505. The zero-order chi connectivity index (χ0) is 18.1. The largest absolute Gasteiger partial charge is 0.379 e. The SMILES string of the molecule is CCn1ncnc1CN1C[C@@H]2COC[C@H](C1)N(C(=O)c1scnc1C)C2. The van der Waals surface area contributed by atoms with Crippen molar-refractivity contribution >= 4 is 17.2 Å². The molecule has 8 nitrogen and oxygen atoms in total. The molecule has 2 atom stereocenters. The Bertz CT molecular complexity index is 775. The highest BCUT2D eigenvalue weighted by Gasteiger charge is 2.37. The summed E-state index contributed by atoms with van der Waals surface area (Å²) in [7, 11) is 0. The summed E-state index contributed by atoms with van der Waals surface area (Å²) in [6.45, 7) is 9.23. The number of aromatic nitrogens is 4. The summed E-state index contributed by atoms with van der Waals surface area (Å²) in [5.74, 6) is 1.37. The molecule has 2 aromatic rings. The fourth-order valence-corrected chi connectivity index (χ4v) is 4.59. The van der Waals surface area contributed by atoms with E-state index in [-0.39, 0.29) is 11.9 Å². The lowest BCUT2D eigenvalue weighted by Crippen LogP contribution is -2.46. The summed E-state index contributed by atoms with van der Waals surface area (Å²) in [6.07, 6.45) is 1.61. The van der Waals surface area contributed by atoms with Crippen LogP contribution in [0.3, 0.4) is 0 Å². The van der Waals surface area contributed by atoms with Gasteiger partial charge in [0.1, 0.15) is 17.0 Å². The molecule has 2 aliphatic rings. The topological polar surface area (TPSA) is 76.4 Å². The maximum absolute atomic E-state index is 13.1. The third-order valence-electron chi connectivity index (χ3n) is 5.11. The molecule has 1 amide bonds. The molecule has 2 fully saturated rings. The van der Waals surface area contributed by atoms with Gasteiger partial charge in [0.2, 0.25) is 0 Å². The van der Waals surface area contributed by atoms with Gasteiger partial charge in [-0.2, -0.15) is 5.10 Å². The first-order valence-electron chi connectivity index (χ1n) is 9.03. The third kappa shape index (κ3) is 3.38. The number of nitrogens with zero attached hydrogens (tertiary/aromatic N) is 6. The fraction of sp³-hybridized carbons (Fsp3) is 0.647. The summed E-state index contributed by atoms with van der Waals surface area (Å²) in [6, 6.07) is 0.0505. The molecular weight excluding hydrogens is 352 g/mol. The van der Waals surface area contributed by atoms with Gasteiger partial charge in [0.05, 0.1) is 37.0 Å². The number of carbonyl (C=O) groups is 1. The number of hydrogen-bond acceptors (Lipinski definition) is 7. The van der Waals surface area contributed by atoms with Crippen LogP contribution < -0.4 is 0 Å². The molecule has 4 heterocycles. The van der Waals surface area contributed by atoms with Crippen LogP contribution in [-0.2, 0) is 17.8 Å². The summed E-state index contributed by atoms with van der Waals surface area (Å²) >= 11 is 1.42. The molecular formula is C17H24N6O2S. The van der Waals surface area contributed by atoms with Crippen molar-refractivity contribution in [2.45, 2.75) is 33.0 Å². The molecule has 2 saturated heterocycles. The smallest absolute Gasteiger partial charge is 0.266 e. The second-order valence-electron chi connectivity index (χ2n) is 6.97. The van der Waals surface area contributed by atoms with Gasteiger partial charge in [-0.05, 0) is 13.8 Å². The predicted molar refractivity (Wildman–Crippen MR) is 97.0 cm³/mol. The van der Waals surface area contributed by atoms with Gasteiger partial charge in [-0.25, -0.2) is 14.6 Å². The van der Waals surface area contributed by atoms with Gasteiger partial charge in [-0.1, -0.05) is 0 Å². The maximum Gasteiger partial charge on any atom is 0.266 e. The summed E-state index contributed by atoms with van der Waals surface area (Å²) in [5.41, 5.74) is 2.56. The molecule has 0 aromatic carbocycles. The van der Waals surface area contributed by atoms with E-state index in [9.17, 15) is 4.79 Å². The molecule has 4 rings (SSSR count). The number of aryl methyl sites for hydroxylation is 2. The molecule has 0 saturated carbocycles. The second-order valence-corrected chi connectivity index (χ2v) is 7.82. The van der Waals surface area contributed by atoms with E-state index in [1.165, 1.54) is 11.3 Å². The minimum Gasteiger partial charge on any atom is -0.379 e. The predicted octanol–water partition coefficient (Wildman–Crippen LogP) is 1.04. The molecule has 0 spiro atoms.